The summed E-state index contributed by atoms with van der Waals surface area (Å²) in [6.07, 6.45) is 0.642. The summed E-state index contributed by atoms with van der Waals surface area (Å²) in [5, 5.41) is 3.72. The zero-order chi connectivity index (χ0) is 17.3. The van der Waals surface area contributed by atoms with Crippen LogP contribution < -0.4 is 10.2 Å². The van der Waals surface area contributed by atoms with Crippen molar-refractivity contribution < 1.29 is 9.59 Å². The molecule has 8 heteroatoms. The molecule has 1 aliphatic heterocycles. The molecule has 0 fully saturated rings. The Hall–Kier alpha value is -2.54. The average Bonchev–Trinajstić information content (AvgIpc) is 3.16. The molecule has 1 N–H and O–H groups in total. The molecular weight excluding hydrogens is 330 g/mol. The van der Waals surface area contributed by atoms with E-state index in [0.29, 0.717) is 48.5 Å². The van der Waals surface area contributed by atoms with Crippen molar-refractivity contribution in [2.75, 3.05) is 30.9 Å². The second-order valence-electron chi connectivity index (χ2n) is 5.65. The highest BCUT2D eigenvalue weighted by atomic mass is 35.5. The van der Waals surface area contributed by atoms with Crippen LogP contribution in [0.15, 0.2) is 24.3 Å². The average molecular weight is 348 g/mol. The van der Waals surface area contributed by atoms with E-state index in [0.717, 1.165) is 5.56 Å². The van der Waals surface area contributed by atoms with Gasteiger partial charge in [-0.25, -0.2) is 0 Å². The molecule has 0 bridgehead atoms. The van der Waals surface area contributed by atoms with Gasteiger partial charge in [0.15, 0.2) is 11.5 Å². The summed E-state index contributed by atoms with van der Waals surface area (Å²) < 4.78 is 1.81. The minimum atomic E-state index is -0.207. The monoisotopic (exact) mass is 347 g/mol. The maximum absolute atomic E-state index is 13.0. The third kappa shape index (κ3) is 2.82. The van der Waals surface area contributed by atoms with Crippen LogP contribution in [0.4, 0.5) is 11.8 Å². The van der Waals surface area contributed by atoms with Gasteiger partial charge in [0.2, 0.25) is 12.4 Å². The van der Waals surface area contributed by atoms with E-state index in [1.165, 1.54) is 4.90 Å². The number of nitrogens with one attached hydrogen (secondary N) is 1. The Kier molecular flexibility index (Phi) is 4.44. The van der Waals surface area contributed by atoms with E-state index >= 15 is 0 Å². The number of aromatic nitrogens is 2. The number of amides is 2. The van der Waals surface area contributed by atoms with Crippen LogP contribution in [0.3, 0.4) is 0 Å². The van der Waals surface area contributed by atoms with Crippen LogP contribution in [0, 0.1) is 0 Å². The summed E-state index contributed by atoms with van der Waals surface area (Å²) in [4.78, 5) is 31.3. The number of nitrogens with zero attached hydrogens (tertiary/aromatic N) is 4. The second-order valence-corrected chi connectivity index (χ2v) is 6.06. The molecule has 0 aliphatic carbocycles. The van der Waals surface area contributed by atoms with Crippen molar-refractivity contribution in [1.29, 1.82) is 0 Å². The predicted molar refractivity (Wildman–Crippen MR) is 92.4 cm³/mol. The molecule has 0 saturated heterocycles. The lowest BCUT2D eigenvalue weighted by Crippen LogP contribution is -2.30. The van der Waals surface area contributed by atoms with Crippen molar-refractivity contribution in [1.82, 2.24) is 14.5 Å². The molecule has 1 aromatic carbocycles. The molecule has 2 heterocycles. The highest BCUT2D eigenvalue weighted by molar-refractivity contribution is 6.31. The van der Waals surface area contributed by atoms with Crippen LogP contribution in [-0.2, 0) is 17.9 Å². The van der Waals surface area contributed by atoms with E-state index in [1.54, 1.807) is 29.6 Å². The molecule has 0 atom stereocenters. The number of hydrogen-bond acceptors (Lipinski definition) is 4. The van der Waals surface area contributed by atoms with Gasteiger partial charge in [0.1, 0.15) is 0 Å². The van der Waals surface area contributed by atoms with Gasteiger partial charge in [-0.3, -0.25) is 9.59 Å². The molecule has 2 amide bonds. The quantitative estimate of drug-likeness (QED) is 0.838. The van der Waals surface area contributed by atoms with E-state index in [1.807, 2.05) is 18.2 Å². The highest BCUT2D eigenvalue weighted by Crippen LogP contribution is 2.28. The van der Waals surface area contributed by atoms with Crippen molar-refractivity contribution in [3.8, 4) is 0 Å². The standard InChI is InChI=1S/C16H18ClN5O2/c1-20(9-11-5-3-4-6-12(11)17)15(24)13-14(21(2)10-23)19-16-18-7-8-22(13)16/h3-6,10H,7-9H2,1-2H3,(H,18,19). The molecule has 24 heavy (non-hydrogen) atoms. The summed E-state index contributed by atoms with van der Waals surface area (Å²) in [6.45, 7) is 1.72. The van der Waals surface area contributed by atoms with Gasteiger partial charge < -0.3 is 19.7 Å². The van der Waals surface area contributed by atoms with Crippen molar-refractivity contribution in [3.63, 3.8) is 0 Å². The smallest absolute Gasteiger partial charge is 0.274 e. The van der Waals surface area contributed by atoms with Gasteiger partial charge in [0.05, 0.1) is 0 Å². The number of benzene rings is 1. The fraction of sp³-hybridized carbons (Fsp3) is 0.312. The number of carbonyl (C=O) groups excluding carboxylic acids is 2. The zero-order valence-electron chi connectivity index (χ0n) is 13.5. The van der Waals surface area contributed by atoms with Gasteiger partial charge in [-0.05, 0) is 11.6 Å². The van der Waals surface area contributed by atoms with Crippen LogP contribution in [0.2, 0.25) is 5.02 Å². The molecule has 7 nitrogen and oxygen atoms in total. The molecule has 0 unspecified atom stereocenters. The maximum Gasteiger partial charge on any atom is 0.274 e. The van der Waals surface area contributed by atoms with Gasteiger partial charge in [-0.2, -0.15) is 4.98 Å². The first-order valence-electron chi connectivity index (χ1n) is 7.54. The van der Waals surface area contributed by atoms with Crippen LogP contribution in [0.25, 0.3) is 0 Å². The molecule has 2 aromatic rings. The van der Waals surface area contributed by atoms with E-state index < -0.39 is 0 Å². The third-order valence-corrected chi connectivity index (χ3v) is 4.34. The third-order valence-electron chi connectivity index (χ3n) is 3.97. The Morgan fingerprint density at radius 2 is 2.17 bits per heavy atom. The van der Waals surface area contributed by atoms with Crippen LogP contribution in [0.5, 0.6) is 0 Å². The predicted octanol–water partition coefficient (Wildman–Crippen LogP) is 1.83. The van der Waals surface area contributed by atoms with Crippen LogP contribution >= 0.6 is 11.6 Å². The lowest BCUT2D eigenvalue weighted by atomic mass is 10.2. The number of halogens is 1. The van der Waals surface area contributed by atoms with Gasteiger partial charge in [0, 0.05) is 38.8 Å². The maximum atomic E-state index is 13.0. The molecule has 0 saturated carbocycles. The normalized spacial score (nSPS) is 12.5. The summed E-state index contributed by atoms with van der Waals surface area (Å²) in [5.41, 5.74) is 1.26. The van der Waals surface area contributed by atoms with Gasteiger partial charge in [0.25, 0.3) is 5.91 Å². The molecule has 0 radical (unpaired) electrons. The molecular formula is C16H18ClN5O2. The van der Waals surface area contributed by atoms with Crippen LogP contribution in [0.1, 0.15) is 16.1 Å². The summed E-state index contributed by atoms with van der Waals surface area (Å²) in [6, 6.07) is 7.40. The Balaban J connectivity index is 1.92. The van der Waals surface area contributed by atoms with Gasteiger partial charge in [-0.15, -0.1) is 0 Å². The molecule has 1 aliphatic rings. The number of rotatable bonds is 5. The first-order chi connectivity index (χ1) is 11.5. The number of fused-ring (bicyclic) bond motifs is 1. The molecule has 1 aromatic heterocycles. The lowest BCUT2D eigenvalue weighted by molar-refractivity contribution is -0.107. The van der Waals surface area contributed by atoms with Crippen molar-refractivity contribution >= 4 is 35.7 Å². The highest BCUT2D eigenvalue weighted by Gasteiger charge is 2.29. The SMILES string of the molecule is CN(Cc1ccccc1Cl)C(=O)c1c(N(C)C=O)nc2n1CCN2. The summed E-state index contributed by atoms with van der Waals surface area (Å²) in [5.74, 6) is 0.748. The zero-order valence-corrected chi connectivity index (χ0v) is 14.2. The summed E-state index contributed by atoms with van der Waals surface area (Å²) >= 11 is 6.18. The first kappa shape index (κ1) is 16.3. The molecule has 126 valence electrons. The number of hydrogen-bond donors (Lipinski definition) is 1. The largest absolute Gasteiger partial charge is 0.354 e. The Bertz CT molecular complexity index is 789. The minimum absolute atomic E-state index is 0.207. The Morgan fingerprint density at radius 1 is 1.42 bits per heavy atom. The van der Waals surface area contributed by atoms with Gasteiger partial charge >= 0.3 is 0 Å². The lowest BCUT2D eigenvalue weighted by Gasteiger charge is -2.20. The van der Waals surface area contributed by atoms with Crippen LogP contribution in [-0.4, -0.2) is 47.4 Å². The number of carbonyl (C=O) groups is 2. The number of imidazole rings is 1. The number of anilines is 2. The second kappa shape index (κ2) is 6.52. The Morgan fingerprint density at radius 3 is 2.88 bits per heavy atom. The van der Waals surface area contributed by atoms with Crippen molar-refractivity contribution in [2.45, 2.75) is 13.1 Å². The fourth-order valence-electron chi connectivity index (χ4n) is 2.71. The summed E-state index contributed by atoms with van der Waals surface area (Å²) in [7, 11) is 3.29. The van der Waals surface area contributed by atoms with E-state index in [2.05, 4.69) is 10.3 Å². The minimum Gasteiger partial charge on any atom is -0.354 e. The Labute approximate surface area is 144 Å². The molecule has 3 rings (SSSR count). The molecule has 0 spiro atoms. The topological polar surface area (TPSA) is 70.5 Å². The van der Waals surface area contributed by atoms with Crippen molar-refractivity contribution in [3.05, 3.63) is 40.5 Å². The van der Waals surface area contributed by atoms with E-state index in [4.69, 9.17) is 11.6 Å². The van der Waals surface area contributed by atoms with Gasteiger partial charge in [-0.1, -0.05) is 29.8 Å². The van der Waals surface area contributed by atoms with E-state index in [9.17, 15) is 9.59 Å². The first-order valence-corrected chi connectivity index (χ1v) is 7.92. The fourth-order valence-corrected chi connectivity index (χ4v) is 2.91. The van der Waals surface area contributed by atoms with Crippen molar-refractivity contribution in [2.24, 2.45) is 0 Å². The van der Waals surface area contributed by atoms with E-state index in [-0.39, 0.29) is 5.91 Å².